The third-order valence-electron chi connectivity index (χ3n) is 2.69. The molecule has 0 rings (SSSR count). The summed E-state index contributed by atoms with van der Waals surface area (Å²) in [6, 6.07) is 0. The molecule has 0 bridgehead atoms. The molecule has 4 heteroatoms. The lowest BCUT2D eigenvalue weighted by Gasteiger charge is -2.07. The van der Waals surface area contributed by atoms with Crippen LogP contribution in [0.1, 0.15) is 58.3 Å². The van der Waals surface area contributed by atoms with Crippen molar-refractivity contribution in [2.45, 2.75) is 64.4 Å². The maximum atomic E-state index is 10.9. The summed E-state index contributed by atoms with van der Waals surface area (Å²) in [5, 5.41) is 17.4. The molecule has 0 aromatic rings. The van der Waals surface area contributed by atoms with Crippen LogP contribution in [0.5, 0.6) is 0 Å². The van der Waals surface area contributed by atoms with Crippen LogP contribution in [0.3, 0.4) is 0 Å². The topological polar surface area (TPSA) is 66.8 Å². The monoisotopic (exact) mass is 246 g/mol. The van der Waals surface area contributed by atoms with Gasteiger partial charge in [-0.2, -0.15) is 0 Å². The molecule has 0 saturated carbocycles. The summed E-state index contributed by atoms with van der Waals surface area (Å²) in [6.07, 6.45) is 8.10. The highest BCUT2D eigenvalue weighted by Crippen LogP contribution is 2.08. The van der Waals surface area contributed by atoms with E-state index in [1.807, 2.05) is 0 Å². The zero-order chi connectivity index (χ0) is 12.9. The highest BCUT2D eigenvalue weighted by atomic mass is 16.5. The molecule has 0 aromatic heterocycles. The first-order valence-electron chi connectivity index (χ1n) is 6.68. The molecule has 1 atom stereocenters. The second-order valence-corrected chi connectivity index (χ2v) is 4.34. The molecule has 0 aliphatic rings. The van der Waals surface area contributed by atoms with Crippen LogP contribution >= 0.6 is 0 Å². The summed E-state index contributed by atoms with van der Waals surface area (Å²) < 4.78 is 4.79. The molecular formula is C13H26O4. The lowest BCUT2D eigenvalue weighted by molar-refractivity contribution is -0.155. The van der Waals surface area contributed by atoms with Crippen LogP contribution in [-0.4, -0.2) is 35.5 Å². The van der Waals surface area contributed by atoms with Gasteiger partial charge < -0.3 is 14.9 Å². The number of aliphatic hydroxyl groups excluding tert-OH is 2. The molecule has 0 spiro atoms. The van der Waals surface area contributed by atoms with Crippen LogP contribution in [0, 0.1) is 0 Å². The zero-order valence-electron chi connectivity index (χ0n) is 10.9. The van der Waals surface area contributed by atoms with E-state index >= 15 is 0 Å². The Bertz CT molecular complexity index is 182. The number of aliphatic hydroxyl groups is 2. The van der Waals surface area contributed by atoms with Crippen molar-refractivity contribution >= 4 is 5.97 Å². The van der Waals surface area contributed by atoms with Gasteiger partial charge in [0.15, 0.2) is 6.10 Å². The van der Waals surface area contributed by atoms with Gasteiger partial charge in [0.1, 0.15) is 0 Å². The molecule has 102 valence electrons. The van der Waals surface area contributed by atoms with E-state index in [-0.39, 0.29) is 0 Å². The van der Waals surface area contributed by atoms with Crippen LogP contribution in [0.4, 0.5) is 0 Å². The number of esters is 1. The van der Waals surface area contributed by atoms with Gasteiger partial charge in [-0.15, -0.1) is 0 Å². The minimum Gasteiger partial charge on any atom is -0.464 e. The van der Waals surface area contributed by atoms with Crippen LogP contribution < -0.4 is 0 Å². The second-order valence-electron chi connectivity index (χ2n) is 4.34. The Morgan fingerprint density at radius 2 is 1.59 bits per heavy atom. The van der Waals surface area contributed by atoms with Crippen LogP contribution in [0.25, 0.3) is 0 Å². The summed E-state index contributed by atoms with van der Waals surface area (Å²) >= 11 is 0. The fourth-order valence-electron chi connectivity index (χ4n) is 1.58. The van der Waals surface area contributed by atoms with E-state index in [4.69, 9.17) is 14.9 Å². The van der Waals surface area contributed by atoms with Gasteiger partial charge in [0.25, 0.3) is 0 Å². The van der Waals surface area contributed by atoms with E-state index in [0.29, 0.717) is 6.61 Å². The highest BCUT2D eigenvalue weighted by molar-refractivity contribution is 5.74. The summed E-state index contributed by atoms with van der Waals surface area (Å²) in [5.41, 5.74) is 0. The number of ether oxygens (including phenoxy) is 1. The smallest absolute Gasteiger partial charge is 0.337 e. The molecule has 0 amide bonds. The predicted molar refractivity (Wildman–Crippen MR) is 66.7 cm³/mol. The normalized spacial score (nSPS) is 12.4. The summed E-state index contributed by atoms with van der Waals surface area (Å²) in [7, 11) is 0. The van der Waals surface area contributed by atoms with E-state index in [9.17, 15) is 4.79 Å². The Kier molecular flexibility index (Phi) is 11.4. The summed E-state index contributed by atoms with van der Waals surface area (Å²) in [4.78, 5) is 10.9. The van der Waals surface area contributed by atoms with Crippen LogP contribution in [0.15, 0.2) is 0 Å². The highest BCUT2D eigenvalue weighted by Gasteiger charge is 2.14. The quantitative estimate of drug-likeness (QED) is 0.432. The Morgan fingerprint density at radius 1 is 1.06 bits per heavy atom. The number of unbranched alkanes of at least 4 members (excludes halogenated alkanes) is 7. The van der Waals surface area contributed by atoms with Gasteiger partial charge >= 0.3 is 5.97 Å². The number of carbonyl (C=O) groups excluding carboxylic acids is 1. The van der Waals surface area contributed by atoms with Gasteiger partial charge in [-0.25, -0.2) is 4.79 Å². The Labute approximate surface area is 104 Å². The maximum Gasteiger partial charge on any atom is 0.337 e. The Balaban J connectivity index is 3.16. The van der Waals surface area contributed by atoms with E-state index in [1.165, 1.54) is 38.5 Å². The van der Waals surface area contributed by atoms with E-state index in [0.717, 1.165) is 12.8 Å². The first-order valence-corrected chi connectivity index (χ1v) is 6.68. The van der Waals surface area contributed by atoms with E-state index in [2.05, 4.69) is 6.92 Å². The molecule has 17 heavy (non-hydrogen) atoms. The minimum atomic E-state index is -1.39. The Hall–Kier alpha value is -0.610. The second kappa shape index (κ2) is 11.9. The van der Waals surface area contributed by atoms with Crippen molar-refractivity contribution < 1.29 is 19.7 Å². The molecule has 0 saturated heterocycles. The lowest BCUT2D eigenvalue weighted by Crippen LogP contribution is -2.26. The standard InChI is InChI=1S/C13H26O4/c1-2-3-4-5-6-7-8-9-10-17-13(16)12(15)11-14/h12,14-15H,2-11H2,1H3. The molecule has 0 aromatic carbocycles. The molecule has 0 radical (unpaired) electrons. The van der Waals surface area contributed by atoms with Crippen molar-refractivity contribution in [1.82, 2.24) is 0 Å². The summed E-state index contributed by atoms with van der Waals surface area (Å²) in [6.45, 7) is 1.97. The molecular weight excluding hydrogens is 220 g/mol. The minimum absolute atomic E-state index is 0.338. The molecule has 0 aliphatic carbocycles. The van der Waals surface area contributed by atoms with Crippen molar-refractivity contribution in [2.75, 3.05) is 13.2 Å². The molecule has 0 heterocycles. The van der Waals surface area contributed by atoms with E-state index < -0.39 is 18.7 Å². The van der Waals surface area contributed by atoms with E-state index in [1.54, 1.807) is 0 Å². The van der Waals surface area contributed by atoms with Gasteiger partial charge in [-0.05, 0) is 6.42 Å². The summed E-state index contributed by atoms with van der Waals surface area (Å²) in [5.74, 6) is -0.726. The molecule has 0 aliphatic heterocycles. The van der Waals surface area contributed by atoms with Crippen molar-refractivity contribution in [3.8, 4) is 0 Å². The van der Waals surface area contributed by atoms with Gasteiger partial charge in [0.05, 0.1) is 13.2 Å². The first kappa shape index (κ1) is 16.4. The predicted octanol–water partition coefficient (Wildman–Crippen LogP) is 2.02. The van der Waals surface area contributed by atoms with Crippen LogP contribution in [-0.2, 0) is 9.53 Å². The molecule has 0 fully saturated rings. The van der Waals surface area contributed by atoms with Crippen molar-refractivity contribution in [3.05, 3.63) is 0 Å². The van der Waals surface area contributed by atoms with Gasteiger partial charge in [0, 0.05) is 0 Å². The number of rotatable bonds is 11. The van der Waals surface area contributed by atoms with Gasteiger partial charge in [-0.3, -0.25) is 0 Å². The van der Waals surface area contributed by atoms with Crippen molar-refractivity contribution in [3.63, 3.8) is 0 Å². The number of carbonyl (C=O) groups is 1. The fraction of sp³-hybridized carbons (Fsp3) is 0.923. The number of hydrogen-bond donors (Lipinski definition) is 2. The number of hydrogen-bond acceptors (Lipinski definition) is 4. The first-order chi connectivity index (χ1) is 8.22. The largest absolute Gasteiger partial charge is 0.464 e. The molecule has 1 unspecified atom stereocenters. The molecule has 2 N–H and O–H groups in total. The van der Waals surface area contributed by atoms with Crippen molar-refractivity contribution in [1.29, 1.82) is 0 Å². The average Bonchev–Trinajstić information content (AvgIpc) is 2.35. The van der Waals surface area contributed by atoms with Gasteiger partial charge in [0.2, 0.25) is 0 Å². The van der Waals surface area contributed by atoms with Crippen LogP contribution in [0.2, 0.25) is 0 Å². The fourth-order valence-corrected chi connectivity index (χ4v) is 1.58. The third-order valence-corrected chi connectivity index (χ3v) is 2.69. The van der Waals surface area contributed by atoms with Crippen molar-refractivity contribution in [2.24, 2.45) is 0 Å². The Morgan fingerprint density at radius 3 is 2.12 bits per heavy atom. The molecule has 4 nitrogen and oxygen atoms in total. The third kappa shape index (κ3) is 10.3. The van der Waals surface area contributed by atoms with Gasteiger partial charge in [-0.1, -0.05) is 51.9 Å². The lowest BCUT2D eigenvalue weighted by atomic mass is 10.1. The SMILES string of the molecule is CCCCCCCCCCOC(=O)C(O)CO. The zero-order valence-corrected chi connectivity index (χ0v) is 10.9. The average molecular weight is 246 g/mol. The maximum absolute atomic E-state index is 10.9.